The summed E-state index contributed by atoms with van der Waals surface area (Å²) in [5.41, 5.74) is 18.0. The second kappa shape index (κ2) is 10.9. The van der Waals surface area contributed by atoms with Gasteiger partial charge in [-0.15, -0.1) is 0 Å². The first-order chi connectivity index (χ1) is 26.6. The number of benzene rings is 6. The summed E-state index contributed by atoms with van der Waals surface area (Å²) < 4.78 is 5.11. The predicted molar refractivity (Wildman–Crippen MR) is 227 cm³/mol. The molecular weight excluding hydrogens is 655 g/mol. The fourth-order valence-corrected chi connectivity index (χ4v) is 10.6. The van der Waals surface area contributed by atoms with Crippen LogP contribution in [0.5, 0.6) is 0 Å². The number of aromatic nitrogens is 2. The lowest BCUT2D eigenvalue weighted by Gasteiger charge is -2.31. The molecule has 258 valence electrons. The largest absolute Gasteiger partial charge is 0.310 e. The summed E-state index contributed by atoms with van der Waals surface area (Å²) in [5.74, 6) is 0.854. The molecule has 6 aromatic carbocycles. The van der Waals surface area contributed by atoms with Gasteiger partial charge in [-0.1, -0.05) is 123 Å². The molecule has 0 fully saturated rings. The molecule has 9 aromatic rings. The number of anilines is 3. The SMILES string of the molecule is CC1(C)c2cc(N(c3cccc(-c4ccccc4)c3)c3ccc4c5c3c3ccccc3n5c3cccc5c6c(n4c53)C=CCC6)ccc2C2C=CC=CC21. The van der Waals surface area contributed by atoms with Gasteiger partial charge in [0.25, 0.3) is 0 Å². The number of aryl methyl sites for hydroxylation is 1. The molecule has 3 heterocycles. The van der Waals surface area contributed by atoms with E-state index in [4.69, 9.17) is 0 Å². The highest BCUT2D eigenvalue weighted by atomic mass is 15.1. The molecule has 2 atom stereocenters. The monoisotopic (exact) mass is 693 g/mol. The summed E-state index contributed by atoms with van der Waals surface area (Å²) in [6.07, 6.45) is 16.1. The highest BCUT2D eigenvalue weighted by molar-refractivity contribution is 6.23. The number of rotatable bonds is 4. The number of fused-ring (bicyclic) bond motifs is 11. The van der Waals surface area contributed by atoms with Crippen LogP contribution in [-0.4, -0.2) is 8.80 Å². The third-order valence-electron chi connectivity index (χ3n) is 13.0. The maximum absolute atomic E-state index is 2.56. The second-order valence-corrected chi connectivity index (χ2v) is 16.1. The third kappa shape index (κ3) is 3.91. The Hall–Kier alpha value is -6.32. The van der Waals surface area contributed by atoms with Gasteiger partial charge in [-0.3, -0.25) is 0 Å². The molecule has 12 rings (SSSR count). The number of nitrogens with zero attached hydrogens (tertiary/aromatic N) is 3. The van der Waals surface area contributed by atoms with Gasteiger partial charge in [-0.2, -0.15) is 0 Å². The topological polar surface area (TPSA) is 12.1 Å². The van der Waals surface area contributed by atoms with E-state index in [1.165, 1.54) is 88.6 Å². The summed E-state index contributed by atoms with van der Waals surface area (Å²) in [6.45, 7) is 4.86. The molecule has 3 aliphatic rings. The van der Waals surface area contributed by atoms with Gasteiger partial charge in [0, 0.05) is 39.1 Å². The van der Waals surface area contributed by atoms with E-state index in [9.17, 15) is 0 Å². The van der Waals surface area contributed by atoms with Crippen molar-refractivity contribution in [1.29, 1.82) is 0 Å². The quantitative estimate of drug-likeness (QED) is 0.167. The van der Waals surface area contributed by atoms with Crippen molar-refractivity contribution in [2.24, 2.45) is 5.92 Å². The van der Waals surface area contributed by atoms with Crippen LogP contribution in [0.1, 0.15) is 48.6 Å². The molecule has 0 N–H and O–H groups in total. The van der Waals surface area contributed by atoms with Crippen LogP contribution in [0.3, 0.4) is 0 Å². The molecule has 2 unspecified atom stereocenters. The van der Waals surface area contributed by atoms with E-state index in [0.29, 0.717) is 11.8 Å². The van der Waals surface area contributed by atoms with Gasteiger partial charge in [-0.25, -0.2) is 0 Å². The van der Waals surface area contributed by atoms with Crippen molar-refractivity contribution in [2.75, 3.05) is 4.90 Å². The molecule has 0 amide bonds. The van der Waals surface area contributed by atoms with Gasteiger partial charge < -0.3 is 13.7 Å². The van der Waals surface area contributed by atoms with Crippen molar-refractivity contribution in [3.05, 3.63) is 180 Å². The maximum Gasteiger partial charge on any atom is 0.0804 e. The Bertz CT molecular complexity index is 3090. The summed E-state index contributed by atoms with van der Waals surface area (Å²) in [5, 5.41) is 3.92. The van der Waals surface area contributed by atoms with E-state index in [1.807, 2.05) is 0 Å². The van der Waals surface area contributed by atoms with Crippen molar-refractivity contribution in [2.45, 2.75) is 38.0 Å². The fraction of sp³-hybridized carbons (Fsp3) is 0.137. The normalized spacial score (nSPS) is 18.3. The van der Waals surface area contributed by atoms with E-state index >= 15 is 0 Å². The van der Waals surface area contributed by atoms with Crippen LogP contribution in [0.2, 0.25) is 0 Å². The van der Waals surface area contributed by atoms with Gasteiger partial charge in [-0.05, 0) is 107 Å². The molecule has 3 nitrogen and oxygen atoms in total. The molecule has 54 heavy (non-hydrogen) atoms. The lowest BCUT2D eigenvalue weighted by Crippen LogP contribution is -2.24. The van der Waals surface area contributed by atoms with Crippen LogP contribution in [0.25, 0.3) is 60.9 Å². The lowest BCUT2D eigenvalue weighted by molar-refractivity contribution is 0.394. The first-order valence-electron chi connectivity index (χ1n) is 19.4. The van der Waals surface area contributed by atoms with Gasteiger partial charge in [0.1, 0.15) is 0 Å². The zero-order valence-corrected chi connectivity index (χ0v) is 30.5. The van der Waals surface area contributed by atoms with Crippen LogP contribution < -0.4 is 4.90 Å². The van der Waals surface area contributed by atoms with Crippen molar-refractivity contribution < 1.29 is 0 Å². The Labute approximate surface area is 314 Å². The molecular formula is C51H39N3. The van der Waals surface area contributed by atoms with E-state index in [2.05, 4.69) is 191 Å². The van der Waals surface area contributed by atoms with Crippen LogP contribution in [0, 0.1) is 5.92 Å². The minimum atomic E-state index is 0.000973. The lowest BCUT2D eigenvalue weighted by atomic mass is 9.74. The molecule has 3 aliphatic carbocycles. The van der Waals surface area contributed by atoms with Gasteiger partial charge in [0.05, 0.1) is 33.3 Å². The molecule has 0 bridgehead atoms. The first-order valence-corrected chi connectivity index (χ1v) is 19.4. The highest BCUT2D eigenvalue weighted by Gasteiger charge is 2.44. The average Bonchev–Trinajstić information content (AvgIpc) is 3.83. The molecule has 0 saturated carbocycles. The number of para-hydroxylation sites is 2. The Morgan fingerprint density at radius 2 is 1.39 bits per heavy atom. The van der Waals surface area contributed by atoms with Gasteiger partial charge >= 0.3 is 0 Å². The second-order valence-electron chi connectivity index (χ2n) is 16.1. The fourth-order valence-electron chi connectivity index (χ4n) is 10.6. The van der Waals surface area contributed by atoms with Crippen molar-refractivity contribution in [3.63, 3.8) is 0 Å². The van der Waals surface area contributed by atoms with E-state index in [0.717, 1.165) is 18.5 Å². The smallest absolute Gasteiger partial charge is 0.0804 e. The van der Waals surface area contributed by atoms with Crippen LogP contribution in [0.4, 0.5) is 17.1 Å². The summed E-state index contributed by atoms with van der Waals surface area (Å²) in [6, 6.07) is 47.9. The van der Waals surface area contributed by atoms with Crippen LogP contribution in [0.15, 0.2) is 158 Å². The van der Waals surface area contributed by atoms with Crippen molar-refractivity contribution >= 4 is 66.9 Å². The number of hydrogen-bond donors (Lipinski definition) is 0. The van der Waals surface area contributed by atoms with Crippen LogP contribution >= 0.6 is 0 Å². The molecule has 3 heteroatoms. The van der Waals surface area contributed by atoms with Crippen molar-refractivity contribution in [1.82, 2.24) is 8.80 Å². The summed E-state index contributed by atoms with van der Waals surface area (Å²) in [7, 11) is 0. The minimum absolute atomic E-state index is 0.000973. The molecule has 3 aromatic heterocycles. The molecule has 0 radical (unpaired) electrons. The Morgan fingerprint density at radius 1 is 0.630 bits per heavy atom. The van der Waals surface area contributed by atoms with Gasteiger partial charge in [0.2, 0.25) is 0 Å². The van der Waals surface area contributed by atoms with E-state index in [-0.39, 0.29) is 5.41 Å². The predicted octanol–water partition coefficient (Wildman–Crippen LogP) is 13.3. The van der Waals surface area contributed by atoms with E-state index in [1.54, 1.807) is 0 Å². The van der Waals surface area contributed by atoms with Crippen molar-refractivity contribution in [3.8, 4) is 11.1 Å². The third-order valence-corrected chi connectivity index (χ3v) is 13.0. The zero-order valence-electron chi connectivity index (χ0n) is 30.5. The zero-order chi connectivity index (χ0) is 35.7. The minimum Gasteiger partial charge on any atom is -0.310 e. The molecule has 0 spiro atoms. The first kappa shape index (κ1) is 30.2. The summed E-state index contributed by atoms with van der Waals surface area (Å²) >= 11 is 0. The molecule has 0 saturated heterocycles. The van der Waals surface area contributed by atoms with Gasteiger partial charge in [0.15, 0.2) is 0 Å². The van der Waals surface area contributed by atoms with Crippen LogP contribution in [-0.2, 0) is 11.8 Å². The highest BCUT2D eigenvalue weighted by Crippen LogP contribution is 2.55. The molecule has 0 aliphatic heterocycles. The average molecular weight is 694 g/mol. The maximum atomic E-state index is 2.56. The number of allylic oxidation sites excluding steroid dienone is 5. The standard InChI is InChI=1S/C51H39N3/c1-51(2)41-22-9-6-18-36(41)37-27-26-35(31-42(37)51)52(34-17-12-16-33(30-34)32-14-4-3-5-15-32)45-28-29-47-50-48(45)40-20-8-11-24-44(40)54(50)46-25-13-21-39-38-19-7-10-23-43(38)53(47)49(39)46/h3-6,8-18,20-31,36,41H,7,19H2,1-2H3. The van der Waals surface area contributed by atoms with E-state index < -0.39 is 0 Å². The Balaban J connectivity index is 1.20. The Kier molecular flexibility index (Phi) is 6.07. The summed E-state index contributed by atoms with van der Waals surface area (Å²) in [4.78, 5) is 2.54. The Morgan fingerprint density at radius 3 is 2.31 bits per heavy atom. The number of hydrogen-bond acceptors (Lipinski definition) is 1.